The zero-order valence-corrected chi connectivity index (χ0v) is 18.8. The molecular weight excluding hydrogens is 398 g/mol. The van der Waals surface area contributed by atoms with E-state index in [1.165, 1.54) is 0 Å². The summed E-state index contributed by atoms with van der Waals surface area (Å²) in [7, 11) is 3.28. The average Bonchev–Trinajstić information content (AvgIpc) is 3.36. The van der Waals surface area contributed by atoms with E-state index in [1.807, 2.05) is 34.9 Å². The number of ether oxygens (including phenoxy) is 3. The second-order valence-electron chi connectivity index (χ2n) is 8.80. The van der Waals surface area contributed by atoms with E-state index in [9.17, 15) is 9.59 Å². The SMILES string of the molecule is COCCN1CC2(CCOC2)N(C2CCN(C(=O)c3ccc(OC)cc3C)CC2)C1=O. The lowest BCUT2D eigenvalue weighted by molar-refractivity contribution is 0.0498. The van der Waals surface area contributed by atoms with Crippen LogP contribution in [0.4, 0.5) is 4.79 Å². The predicted molar refractivity (Wildman–Crippen MR) is 116 cm³/mol. The number of likely N-dealkylation sites (tertiary alicyclic amines) is 1. The van der Waals surface area contributed by atoms with Crippen LogP contribution in [0.25, 0.3) is 0 Å². The van der Waals surface area contributed by atoms with Crippen molar-refractivity contribution in [3.63, 3.8) is 0 Å². The van der Waals surface area contributed by atoms with Crippen LogP contribution in [0.2, 0.25) is 0 Å². The first-order valence-electron chi connectivity index (χ1n) is 11.1. The van der Waals surface area contributed by atoms with E-state index in [2.05, 4.69) is 4.90 Å². The smallest absolute Gasteiger partial charge is 0.321 e. The van der Waals surface area contributed by atoms with Gasteiger partial charge in [0.1, 0.15) is 5.75 Å². The molecule has 3 amide bonds. The number of benzene rings is 1. The number of urea groups is 1. The summed E-state index contributed by atoms with van der Waals surface area (Å²) in [6.07, 6.45) is 2.44. The van der Waals surface area contributed by atoms with Crippen LogP contribution < -0.4 is 4.74 Å². The topological polar surface area (TPSA) is 71.6 Å². The highest BCUT2D eigenvalue weighted by Gasteiger charge is 2.54. The number of piperidine rings is 1. The molecule has 3 saturated heterocycles. The normalized spacial score (nSPS) is 24.5. The number of aryl methyl sites for hydroxylation is 1. The predicted octanol–water partition coefficient (Wildman–Crippen LogP) is 2.15. The Morgan fingerprint density at radius 1 is 1.26 bits per heavy atom. The molecule has 0 radical (unpaired) electrons. The van der Waals surface area contributed by atoms with E-state index in [0.717, 1.165) is 30.6 Å². The first-order chi connectivity index (χ1) is 15.0. The Kier molecular flexibility index (Phi) is 6.39. The zero-order chi connectivity index (χ0) is 22.0. The number of carbonyl (C=O) groups excluding carboxylic acids is 2. The third-order valence-corrected chi connectivity index (χ3v) is 6.90. The molecule has 3 heterocycles. The molecule has 3 aliphatic heterocycles. The van der Waals surface area contributed by atoms with Crippen LogP contribution in [0.5, 0.6) is 5.75 Å². The van der Waals surface area contributed by atoms with Gasteiger partial charge in [-0.1, -0.05) is 0 Å². The van der Waals surface area contributed by atoms with Gasteiger partial charge in [-0.2, -0.15) is 0 Å². The van der Waals surface area contributed by atoms with Gasteiger partial charge in [0, 0.05) is 51.5 Å². The number of rotatable bonds is 6. The number of hydrogen-bond donors (Lipinski definition) is 0. The van der Waals surface area contributed by atoms with Crippen molar-refractivity contribution in [3.8, 4) is 5.75 Å². The van der Waals surface area contributed by atoms with Gasteiger partial charge in [0.05, 0.1) is 25.9 Å². The van der Waals surface area contributed by atoms with Gasteiger partial charge in [-0.15, -0.1) is 0 Å². The number of amides is 3. The fraction of sp³-hybridized carbons (Fsp3) is 0.652. The average molecular weight is 432 g/mol. The Labute approximate surface area is 184 Å². The van der Waals surface area contributed by atoms with Crippen molar-refractivity contribution in [2.24, 2.45) is 0 Å². The maximum atomic E-state index is 13.3. The monoisotopic (exact) mass is 431 g/mol. The third kappa shape index (κ3) is 4.11. The Hall–Kier alpha value is -2.32. The molecular formula is C23H33N3O5. The molecule has 1 atom stereocenters. The van der Waals surface area contributed by atoms with Crippen molar-refractivity contribution in [1.82, 2.24) is 14.7 Å². The van der Waals surface area contributed by atoms with Gasteiger partial charge < -0.3 is 28.9 Å². The standard InChI is InChI=1S/C23H33N3O5/c1-17-14-19(30-3)4-5-20(17)21(27)24-9-6-18(7-10-24)26-22(28)25(11-13-29-2)15-23(26)8-12-31-16-23/h4-5,14,18H,6-13,15-16H2,1-3H3. The summed E-state index contributed by atoms with van der Waals surface area (Å²) < 4.78 is 16.2. The molecule has 1 unspecified atom stereocenters. The summed E-state index contributed by atoms with van der Waals surface area (Å²) in [6, 6.07) is 5.77. The van der Waals surface area contributed by atoms with Crippen LogP contribution in [0, 0.1) is 6.92 Å². The molecule has 0 N–H and O–H groups in total. The summed E-state index contributed by atoms with van der Waals surface area (Å²) in [5.41, 5.74) is 1.38. The first kappa shape index (κ1) is 21.9. The Bertz CT molecular complexity index is 815. The van der Waals surface area contributed by atoms with Crippen LogP contribution in [-0.2, 0) is 9.47 Å². The van der Waals surface area contributed by atoms with E-state index in [1.54, 1.807) is 14.2 Å². The second-order valence-corrected chi connectivity index (χ2v) is 8.80. The van der Waals surface area contributed by atoms with Crippen molar-refractivity contribution in [1.29, 1.82) is 0 Å². The fourth-order valence-electron chi connectivity index (χ4n) is 5.19. The molecule has 3 fully saturated rings. The van der Waals surface area contributed by atoms with Gasteiger partial charge in [0.25, 0.3) is 5.91 Å². The summed E-state index contributed by atoms with van der Waals surface area (Å²) in [6.45, 7) is 6.33. The van der Waals surface area contributed by atoms with E-state index in [-0.39, 0.29) is 23.5 Å². The summed E-state index contributed by atoms with van der Waals surface area (Å²) >= 11 is 0. The lowest BCUT2D eigenvalue weighted by atomic mass is 9.92. The minimum atomic E-state index is -0.242. The highest BCUT2D eigenvalue weighted by Crippen LogP contribution is 2.38. The molecule has 0 saturated carbocycles. The van der Waals surface area contributed by atoms with Crippen LogP contribution in [0.15, 0.2) is 18.2 Å². The lowest BCUT2D eigenvalue weighted by Crippen LogP contribution is -2.56. The van der Waals surface area contributed by atoms with Crippen LogP contribution in [0.1, 0.15) is 35.2 Å². The van der Waals surface area contributed by atoms with Crippen molar-refractivity contribution >= 4 is 11.9 Å². The third-order valence-electron chi connectivity index (χ3n) is 6.90. The van der Waals surface area contributed by atoms with E-state index >= 15 is 0 Å². The van der Waals surface area contributed by atoms with Gasteiger partial charge in [-0.3, -0.25) is 4.79 Å². The zero-order valence-electron chi connectivity index (χ0n) is 18.8. The quantitative estimate of drug-likeness (QED) is 0.690. The lowest BCUT2D eigenvalue weighted by Gasteiger charge is -2.42. The van der Waals surface area contributed by atoms with E-state index in [0.29, 0.717) is 51.6 Å². The summed E-state index contributed by atoms with van der Waals surface area (Å²) in [5.74, 6) is 0.800. The van der Waals surface area contributed by atoms with Crippen LogP contribution in [-0.4, -0.2) is 98.4 Å². The van der Waals surface area contributed by atoms with Gasteiger partial charge in [0.15, 0.2) is 0 Å². The molecule has 4 rings (SSSR count). The van der Waals surface area contributed by atoms with E-state index in [4.69, 9.17) is 14.2 Å². The number of nitrogens with zero attached hydrogens (tertiary/aromatic N) is 3. The van der Waals surface area contributed by atoms with Crippen molar-refractivity contribution in [3.05, 3.63) is 29.3 Å². The Morgan fingerprint density at radius 3 is 2.65 bits per heavy atom. The molecule has 31 heavy (non-hydrogen) atoms. The Morgan fingerprint density at radius 2 is 2.03 bits per heavy atom. The first-order valence-corrected chi connectivity index (χ1v) is 11.1. The van der Waals surface area contributed by atoms with Crippen LogP contribution >= 0.6 is 0 Å². The van der Waals surface area contributed by atoms with Crippen molar-refractivity contribution < 1.29 is 23.8 Å². The molecule has 0 aliphatic carbocycles. The summed E-state index contributed by atoms with van der Waals surface area (Å²) in [5, 5.41) is 0. The minimum absolute atomic E-state index is 0.0481. The summed E-state index contributed by atoms with van der Waals surface area (Å²) in [4.78, 5) is 32.2. The maximum absolute atomic E-state index is 13.3. The van der Waals surface area contributed by atoms with Gasteiger partial charge >= 0.3 is 6.03 Å². The van der Waals surface area contributed by atoms with Crippen LogP contribution in [0.3, 0.4) is 0 Å². The van der Waals surface area contributed by atoms with Gasteiger partial charge in [-0.25, -0.2) is 4.79 Å². The largest absolute Gasteiger partial charge is 0.497 e. The van der Waals surface area contributed by atoms with E-state index < -0.39 is 0 Å². The second kappa shape index (κ2) is 9.04. The molecule has 1 spiro atoms. The van der Waals surface area contributed by atoms with Gasteiger partial charge in [-0.05, 0) is 49.9 Å². The molecule has 170 valence electrons. The van der Waals surface area contributed by atoms with Crippen molar-refractivity contribution in [2.45, 2.75) is 37.8 Å². The number of methoxy groups -OCH3 is 2. The molecule has 1 aromatic carbocycles. The molecule has 8 nitrogen and oxygen atoms in total. The highest BCUT2D eigenvalue weighted by molar-refractivity contribution is 5.96. The molecule has 1 aromatic rings. The molecule has 8 heteroatoms. The molecule has 0 bridgehead atoms. The molecule has 3 aliphatic rings. The fourth-order valence-corrected chi connectivity index (χ4v) is 5.19. The maximum Gasteiger partial charge on any atom is 0.321 e. The highest BCUT2D eigenvalue weighted by atomic mass is 16.5. The minimum Gasteiger partial charge on any atom is -0.497 e. The van der Waals surface area contributed by atoms with Gasteiger partial charge in [0.2, 0.25) is 0 Å². The molecule has 0 aromatic heterocycles. The number of carbonyl (C=O) groups is 2. The number of hydrogen-bond acceptors (Lipinski definition) is 5. The van der Waals surface area contributed by atoms with Crippen molar-refractivity contribution in [2.75, 3.05) is 60.2 Å². The Balaban J connectivity index is 1.44.